The van der Waals surface area contributed by atoms with Crippen molar-refractivity contribution in [1.82, 2.24) is 5.43 Å². The second-order valence-corrected chi connectivity index (χ2v) is 8.22. The Kier molecular flexibility index (Phi) is 8.67. The molecule has 3 aromatic carbocycles. The first kappa shape index (κ1) is 23.8. The molecule has 9 heteroatoms. The Morgan fingerprint density at radius 2 is 1.78 bits per heavy atom. The topological polar surface area (TPSA) is 79.8 Å². The molecule has 3 rings (SSSR count). The zero-order valence-electron chi connectivity index (χ0n) is 16.6. The third kappa shape index (κ3) is 7.09. The number of hydrogen-bond acceptors (Lipinski definition) is 4. The van der Waals surface area contributed by atoms with Gasteiger partial charge in [0.15, 0.2) is 0 Å². The summed E-state index contributed by atoms with van der Waals surface area (Å²) in [6.07, 6.45) is 1.05. The molecular formula is C23H18BrCl2N3O3. The molecule has 164 valence electrons. The monoisotopic (exact) mass is 533 g/mol. The van der Waals surface area contributed by atoms with Crippen molar-refractivity contribution in [3.05, 3.63) is 92.4 Å². The number of amides is 2. The van der Waals surface area contributed by atoms with E-state index in [-0.39, 0.29) is 5.02 Å². The van der Waals surface area contributed by atoms with Gasteiger partial charge in [-0.25, -0.2) is 5.43 Å². The van der Waals surface area contributed by atoms with Crippen LogP contribution in [0.4, 0.5) is 5.69 Å². The van der Waals surface area contributed by atoms with Gasteiger partial charge < -0.3 is 10.1 Å². The molecular weight excluding hydrogens is 517 g/mol. The van der Waals surface area contributed by atoms with Gasteiger partial charge in [-0.05, 0) is 57.4 Å². The van der Waals surface area contributed by atoms with E-state index in [2.05, 4.69) is 31.8 Å². The van der Waals surface area contributed by atoms with Gasteiger partial charge in [0.2, 0.25) is 11.8 Å². The molecule has 0 heterocycles. The molecule has 0 aliphatic rings. The summed E-state index contributed by atoms with van der Waals surface area (Å²) >= 11 is 15.4. The van der Waals surface area contributed by atoms with Crippen LogP contribution in [0.15, 0.2) is 76.3 Å². The van der Waals surface area contributed by atoms with E-state index in [1.807, 2.05) is 36.4 Å². The number of rotatable bonds is 8. The molecule has 0 saturated heterocycles. The van der Waals surface area contributed by atoms with Crippen LogP contribution in [-0.4, -0.2) is 18.0 Å². The third-order valence-electron chi connectivity index (χ3n) is 4.14. The van der Waals surface area contributed by atoms with Gasteiger partial charge in [-0.1, -0.05) is 59.6 Å². The number of ether oxygens (including phenoxy) is 1. The van der Waals surface area contributed by atoms with Crippen LogP contribution in [-0.2, 0) is 16.2 Å². The standard InChI is InChI=1S/C23H18BrCl2N3O3/c24-17-11-16(9-10-20(17)32-14-15-5-2-1-3-6-15)13-27-29-22(31)12-21(30)28-19-8-4-7-18(25)23(19)26/h1-11,13H,12,14H2,(H,28,30)(H,29,31). The van der Waals surface area contributed by atoms with Crippen molar-refractivity contribution in [2.24, 2.45) is 5.10 Å². The second kappa shape index (κ2) is 11.7. The van der Waals surface area contributed by atoms with Gasteiger partial charge in [-0.2, -0.15) is 5.10 Å². The van der Waals surface area contributed by atoms with Crippen molar-refractivity contribution in [3.8, 4) is 5.75 Å². The number of halogens is 3. The van der Waals surface area contributed by atoms with E-state index < -0.39 is 18.2 Å². The molecule has 0 fully saturated rings. The highest BCUT2D eigenvalue weighted by Crippen LogP contribution is 2.29. The first-order chi connectivity index (χ1) is 15.4. The number of hydrogen-bond donors (Lipinski definition) is 2. The number of carbonyl (C=O) groups excluding carboxylic acids is 2. The van der Waals surface area contributed by atoms with Gasteiger partial charge in [0.1, 0.15) is 18.8 Å². The van der Waals surface area contributed by atoms with Gasteiger partial charge in [-0.3, -0.25) is 9.59 Å². The van der Waals surface area contributed by atoms with Crippen LogP contribution in [0.2, 0.25) is 10.0 Å². The van der Waals surface area contributed by atoms with Gasteiger partial charge in [0, 0.05) is 0 Å². The summed E-state index contributed by atoms with van der Waals surface area (Å²) in [6.45, 7) is 0.450. The minimum absolute atomic E-state index is 0.211. The van der Waals surface area contributed by atoms with Crippen molar-refractivity contribution >= 4 is 62.8 Å². The van der Waals surface area contributed by atoms with Gasteiger partial charge in [0.25, 0.3) is 0 Å². The van der Waals surface area contributed by atoms with Crippen LogP contribution in [0.25, 0.3) is 0 Å². The average Bonchev–Trinajstić information content (AvgIpc) is 2.77. The highest BCUT2D eigenvalue weighted by atomic mass is 79.9. The number of nitrogens with zero attached hydrogens (tertiary/aromatic N) is 1. The van der Waals surface area contributed by atoms with E-state index in [1.165, 1.54) is 6.21 Å². The Balaban J connectivity index is 1.48. The molecule has 0 aromatic heterocycles. The van der Waals surface area contributed by atoms with Crippen LogP contribution in [0, 0.1) is 0 Å². The zero-order valence-corrected chi connectivity index (χ0v) is 19.7. The maximum absolute atomic E-state index is 12.0. The molecule has 0 radical (unpaired) electrons. The predicted molar refractivity (Wildman–Crippen MR) is 130 cm³/mol. The lowest BCUT2D eigenvalue weighted by atomic mass is 10.2. The number of nitrogens with one attached hydrogen (secondary N) is 2. The first-order valence-corrected chi connectivity index (χ1v) is 11.0. The Bertz CT molecular complexity index is 1140. The fourth-order valence-electron chi connectivity index (χ4n) is 2.61. The van der Waals surface area contributed by atoms with Crippen molar-refractivity contribution in [3.63, 3.8) is 0 Å². The van der Waals surface area contributed by atoms with Crippen LogP contribution in [0.1, 0.15) is 17.5 Å². The van der Waals surface area contributed by atoms with E-state index in [1.54, 1.807) is 30.3 Å². The van der Waals surface area contributed by atoms with E-state index in [9.17, 15) is 9.59 Å². The lowest BCUT2D eigenvalue weighted by Gasteiger charge is -2.09. The SMILES string of the molecule is O=C(CC(=O)Nc1cccc(Cl)c1Cl)NN=Cc1ccc(OCc2ccccc2)c(Br)c1. The minimum Gasteiger partial charge on any atom is -0.488 e. The summed E-state index contributed by atoms with van der Waals surface area (Å²) in [5.41, 5.74) is 4.45. The molecule has 0 atom stereocenters. The largest absolute Gasteiger partial charge is 0.488 e. The number of hydrazone groups is 1. The molecule has 6 nitrogen and oxygen atoms in total. The average molecular weight is 535 g/mol. The molecule has 3 aromatic rings. The fourth-order valence-corrected chi connectivity index (χ4v) is 3.47. The molecule has 32 heavy (non-hydrogen) atoms. The Morgan fingerprint density at radius 3 is 2.53 bits per heavy atom. The zero-order chi connectivity index (χ0) is 22.9. The highest BCUT2D eigenvalue weighted by molar-refractivity contribution is 9.10. The highest BCUT2D eigenvalue weighted by Gasteiger charge is 2.12. The van der Waals surface area contributed by atoms with Crippen molar-refractivity contribution in [2.45, 2.75) is 13.0 Å². The maximum Gasteiger partial charge on any atom is 0.249 e. The van der Waals surface area contributed by atoms with Crippen LogP contribution < -0.4 is 15.5 Å². The number of benzene rings is 3. The fraction of sp³-hybridized carbons (Fsp3) is 0.0870. The first-order valence-electron chi connectivity index (χ1n) is 9.44. The van der Waals surface area contributed by atoms with Crippen LogP contribution >= 0.6 is 39.1 Å². The summed E-state index contributed by atoms with van der Waals surface area (Å²) in [7, 11) is 0. The molecule has 0 bridgehead atoms. The lowest BCUT2D eigenvalue weighted by molar-refractivity contribution is -0.126. The summed E-state index contributed by atoms with van der Waals surface area (Å²) in [5.74, 6) is -0.422. The summed E-state index contributed by atoms with van der Waals surface area (Å²) in [5, 5.41) is 6.94. The Morgan fingerprint density at radius 1 is 1.00 bits per heavy atom. The van der Waals surface area contributed by atoms with Crippen LogP contribution in [0.3, 0.4) is 0 Å². The molecule has 2 amide bonds. The van der Waals surface area contributed by atoms with Crippen molar-refractivity contribution in [2.75, 3.05) is 5.32 Å². The maximum atomic E-state index is 12.0. The smallest absolute Gasteiger partial charge is 0.249 e. The molecule has 0 spiro atoms. The van der Waals surface area contributed by atoms with Gasteiger partial charge >= 0.3 is 0 Å². The van der Waals surface area contributed by atoms with Gasteiger partial charge in [0.05, 0.1) is 26.4 Å². The van der Waals surface area contributed by atoms with Crippen molar-refractivity contribution in [1.29, 1.82) is 0 Å². The number of anilines is 1. The molecule has 2 N–H and O–H groups in total. The predicted octanol–water partition coefficient (Wildman–Crippen LogP) is 5.81. The quantitative estimate of drug-likeness (QED) is 0.217. The summed E-state index contributed by atoms with van der Waals surface area (Å²) in [6, 6.07) is 20.1. The molecule has 0 aliphatic heterocycles. The normalized spacial score (nSPS) is 10.7. The Labute approximate surface area is 203 Å². The number of carbonyl (C=O) groups is 2. The van der Waals surface area contributed by atoms with E-state index in [0.717, 1.165) is 15.6 Å². The molecule has 0 unspecified atom stereocenters. The lowest BCUT2D eigenvalue weighted by Crippen LogP contribution is -2.24. The Hall–Kier alpha value is -2.87. The van der Waals surface area contributed by atoms with Crippen LogP contribution in [0.5, 0.6) is 5.75 Å². The summed E-state index contributed by atoms with van der Waals surface area (Å²) in [4.78, 5) is 24.0. The van der Waals surface area contributed by atoms with E-state index in [0.29, 0.717) is 23.1 Å². The molecule has 0 aliphatic carbocycles. The second-order valence-electron chi connectivity index (χ2n) is 6.58. The van der Waals surface area contributed by atoms with E-state index >= 15 is 0 Å². The van der Waals surface area contributed by atoms with E-state index in [4.69, 9.17) is 27.9 Å². The minimum atomic E-state index is -0.571. The van der Waals surface area contributed by atoms with Gasteiger partial charge in [-0.15, -0.1) is 0 Å². The summed E-state index contributed by atoms with van der Waals surface area (Å²) < 4.78 is 6.56. The third-order valence-corrected chi connectivity index (χ3v) is 5.58. The molecule has 0 saturated carbocycles. The van der Waals surface area contributed by atoms with Crippen molar-refractivity contribution < 1.29 is 14.3 Å².